The maximum Gasteiger partial charge on any atom is 0.227 e. The summed E-state index contributed by atoms with van der Waals surface area (Å²) in [5.41, 5.74) is 1.99. The van der Waals surface area contributed by atoms with Crippen LogP contribution in [0.5, 0.6) is 11.5 Å². The molecule has 0 N–H and O–H groups in total. The van der Waals surface area contributed by atoms with Crippen molar-refractivity contribution in [2.45, 2.75) is 13.0 Å². The van der Waals surface area contributed by atoms with Crippen molar-refractivity contribution in [2.75, 3.05) is 21.3 Å². The van der Waals surface area contributed by atoms with E-state index >= 15 is 0 Å². The van der Waals surface area contributed by atoms with Gasteiger partial charge in [-0.05, 0) is 35.4 Å². The van der Waals surface area contributed by atoms with Crippen LogP contribution in [0.15, 0.2) is 46.9 Å². The molecular formula is C18H20BrNO3. The standard InChI is InChI=1S/C18H20BrNO3/c1-20(18(21)11-13-4-7-15(19)8-5-13)12-14-6-9-16(22-2)17(10-14)23-3/h4-10H,11-12H2,1-3H3. The van der Waals surface area contributed by atoms with Crippen LogP contribution in [0.3, 0.4) is 0 Å². The number of nitrogens with zero attached hydrogens (tertiary/aromatic N) is 1. The van der Waals surface area contributed by atoms with Gasteiger partial charge < -0.3 is 14.4 Å². The summed E-state index contributed by atoms with van der Waals surface area (Å²) in [4.78, 5) is 14.0. The fraction of sp³-hybridized carbons (Fsp3) is 0.278. The summed E-state index contributed by atoms with van der Waals surface area (Å²) >= 11 is 3.39. The third-order valence-electron chi connectivity index (χ3n) is 3.56. The lowest BCUT2D eigenvalue weighted by atomic mass is 10.1. The Balaban J connectivity index is 2.01. The van der Waals surface area contributed by atoms with Crippen molar-refractivity contribution in [1.29, 1.82) is 0 Å². The summed E-state index contributed by atoms with van der Waals surface area (Å²) in [5, 5.41) is 0. The molecule has 2 aromatic rings. The molecule has 0 aliphatic carbocycles. The largest absolute Gasteiger partial charge is 0.493 e. The Bertz CT molecular complexity index is 670. The highest BCUT2D eigenvalue weighted by molar-refractivity contribution is 9.10. The Morgan fingerprint density at radius 2 is 1.61 bits per heavy atom. The second-order valence-corrected chi connectivity index (χ2v) is 6.16. The van der Waals surface area contributed by atoms with E-state index < -0.39 is 0 Å². The molecule has 0 spiro atoms. The number of carbonyl (C=O) groups excluding carboxylic acids is 1. The first-order valence-corrected chi connectivity index (χ1v) is 8.02. The number of benzene rings is 2. The zero-order chi connectivity index (χ0) is 16.8. The van der Waals surface area contributed by atoms with Crippen LogP contribution in [0.1, 0.15) is 11.1 Å². The average Bonchev–Trinajstić information content (AvgIpc) is 2.56. The molecule has 0 saturated heterocycles. The molecule has 2 aromatic carbocycles. The summed E-state index contributed by atoms with van der Waals surface area (Å²) < 4.78 is 11.5. The molecule has 0 saturated carbocycles. The number of halogens is 1. The van der Waals surface area contributed by atoms with Crippen molar-refractivity contribution in [3.63, 3.8) is 0 Å². The van der Waals surface area contributed by atoms with Gasteiger partial charge in [-0.2, -0.15) is 0 Å². The fourth-order valence-electron chi connectivity index (χ4n) is 2.25. The maximum absolute atomic E-state index is 12.3. The molecule has 23 heavy (non-hydrogen) atoms. The van der Waals surface area contributed by atoms with Gasteiger partial charge >= 0.3 is 0 Å². The first-order chi connectivity index (χ1) is 11.0. The number of likely N-dealkylation sites (N-methyl/N-ethyl adjacent to an activating group) is 1. The van der Waals surface area contributed by atoms with E-state index in [2.05, 4.69) is 15.9 Å². The third kappa shape index (κ3) is 4.73. The molecule has 0 aliphatic heterocycles. The number of hydrogen-bond donors (Lipinski definition) is 0. The number of ether oxygens (including phenoxy) is 2. The Morgan fingerprint density at radius 3 is 2.22 bits per heavy atom. The molecular weight excluding hydrogens is 358 g/mol. The van der Waals surface area contributed by atoms with E-state index in [1.165, 1.54) is 0 Å². The number of methoxy groups -OCH3 is 2. The number of amides is 1. The minimum absolute atomic E-state index is 0.0714. The highest BCUT2D eigenvalue weighted by Gasteiger charge is 2.12. The SMILES string of the molecule is COc1ccc(CN(C)C(=O)Cc2ccc(Br)cc2)cc1OC. The predicted molar refractivity (Wildman–Crippen MR) is 93.9 cm³/mol. The van der Waals surface area contributed by atoms with Gasteiger partial charge in [0.2, 0.25) is 5.91 Å². The van der Waals surface area contributed by atoms with E-state index in [-0.39, 0.29) is 5.91 Å². The van der Waals surface area contributed by atoms with Crippen molar-refractivity contribution in [3.8, 4) is 11.5 Å². The predicted octanol–water partition coefficient (Wildman–Crippen LogP) is 3.67. The first kappa shape index (κ1) is 17.3. The van der Waals surface area contributed by atoms with E-state index in [0.29, 0.717) is 24.5 Å². The van der Waals surface area contributed by atoms with Crippen LogP contribution in [-0.2, 0) is 17.8 Å². The normalized spacial score (nSPS) is 10.3. The van der Waals surface area contributed by atoms with Crippen LogP contribution in [0, 0.1) is 0 Å². The van der Waals surface area contributed by atoms with Crippen LogP contribution in [-0.4, -0.2) is 32.1 Å². The molecule has 2 rings (SSSR count). The zero-order valence-electron chi connectivity index (χ0n) is 13.5. The maximum atomic E-state index is 12.3. The van der Waals surface area contributed by atoms with Crippen molar-refractivity contribution < 1.29 is 14.3 Å². The van der Waals surface area contributed by atoms with Crippen LogP contribution >= 0.6 is 15.9 Å². The Kier molecular flexibility index (Phi) is 6.04. The number of rotatable bonds is 6. The Hall–Kier alpha value is -2.01. The molecule has 0 atom stereocenters. The van der Waals surface area contributed by atoms with E-state index in [0.717, 1.165) is 15.6 Å². The quantitative estimate of drug-likeness (QED) is 0.770. The van der Waals surface area contributed by atoms with Gasteiger partial charge in [-0.1, -0.05) is 34.1 Å². The van der Waals surface area contributed by atoms with Gasteiger partial charge in [0.1, 0.15) is 0 Å². The minimum atomic E-state index is 0.0714. The van der Waals surface area contributed by atoms with Crippen molar-refractivity contribution >= 4 is 21.8 Å². The highest BCUT2D eigenvalue weighted by Crippen LogP contribution is 2.28. The second-order valence-electron chi connectivity index (χ2n) is 5.24. The first-order valence-electron chi connectivity index (χ1n) is 7.22. The third-order valence-corrected chi connectivity index (χ3v) is 4.09. The Morgan fingerprint density at radius 1 is 1.00 bits per heavy atom. The van der Waals surface area contributed by atoms with Crippen molar-refractivity contribution in [3.05, 3.63) is 58.1 Å². The second kappa shape index (κ2) is 8.02. The van der Waals surface area contributed by atoms with Gasteiger partial charge in [0, 0.05) is 18.1 Å². The van der Waals surface area contributed by atoms with E-state index in [4.69, 9.17) is 9.47 Å². The molecule has 5 heteroatoms. The van der Waals surface area contributed by atoms with Gasteiger partial charge in [0.15, 0.2) is 11.5 Å². The average molecular weight is 378 g/mol. The zero-order valence-corrected chi connectivity index (χ0v) is 15.1. The lowest BCUT2D eigenvalue weighted by molar-refractivity contribution is -0.129. The summed E-state index contributed by atoms with van der Waals surface area (Å²) in [6, 6.07) is 13.5. The van der Waals surface area contributed by atoms with Gasteiger partial charge in [0.25, 0.3) is 0 Å². The molecule has 0 radical (unpaired) electrons. The summed E-state index contributed by atoms with van der Waals surface area (Å²) in [6.07, 6.45) is 0.386. The van der Waals surface area contributed by atoms with Gasteiger partial charge in [-0.3, -0.25) is 4.79 Å². The molecule has 0 bridgehead atoms. The highest BCUT2D eigenvalue weighted by atomic mass is 79.9. The monoisotopic (exact) mass is 377 g/mol. The van der Waals surface area contributed by atoms with Gasteiger partial charge in [-0.25, -0.2) is 0 Å². The molecule has 0 aromatic heterocycles. The minimum Gasteiger partial charge on any atom is -0.493 e. The molecule has 0 unspecified atom stereocenters. The fourth-order valence-corrected chi connectivity index (χ4v) is 2.52. The topological polar surface area (TPSA) is 38.8 Å². The van der Waals surface area contributed by atoms with Gasteiger partial charge in [0.05, 0.1) is 20.6 Å². The Labute approximate surface area is 145 Å². The molecule has 0 fully saturated rings. The summed E-state index contributed by atoms with van der Waals surface area (Å²) in [6.45, 7) is 0.524. The van der Waals surface area contributed by atoms with Crippen LogP contribution in [0.4, 0.5) is 0 Å². The van der Waals surface area contributed by atoms with Crippen molar-refractivity contribution in [2.24, 2.45) is 0 Å². The molecule has 1 amide bonds. The van der Waals surface area contributed by atoms with E-state index in [9.17, 15) is 4.79 Å². The molecule has 122 valence electrons. The number of hydrogen-bond acceptors (Lipinski definition) is 3. The van der Waals surface area contributed by atoms with Gasteiger partial charge in [-0.15, -0.1) is 0 Å². The van der Waals surface area contributed by atoms with Crippen LogP contribution < -0.4 is 9.47 Å². The molecule has 4 nitrogen and oxygen atoms in total. The van der Waals surface area contributed by atoms with E-state index in [1.807, 2.05) is 42.5 Å². The van der Waals surface area contributed by atoms with Crippen molar-refractivity contribution in [1.82, 2.24) is 4.90 Å². The molecule has 0 heterocycles. The lowest BCUT2D eigenvalue weighted by Gasteiger charge is -2.18. The molecule has 0 aliphatic rings. The number of carbonyl (C=O) groups is 1. The lowest BCUT2D eigenvalue weighted by Crippen LogP contribution is -2.27. The smallest absolute Gasteiger partial charge is 0.227 e. The summed E-state index contributed by atoms with van der Waals surface area (Å²) in [7, 11) is 5.01. The van der Waals surface area contributed by atoms with Crippen LogP contribution in [0.2, 0.25) is 0 Å². The van der Waals surface area contributed by atoms with Crippen LogP contribution in [0.25, 0.3) is 0 Å². The summed E-state index contributed by atoms with van der Waals surface area (Å²) in [5.74, 6) is 1.42. The van der Waals surface area contributed by atoms with E-state index in [1.54, 1.807) is 26.2 Å².